The van der Waals surface area contributed by atoms with Crippen LogP contribution in [0.2, 0.25) is 0 Å². The van der Waals surface area contributed by atoms with Gasteiger partial charge in [0.15, 0.2) is 5.78 Å². The Hall–Kier alpha value is -3.25. The number of carbonyl (C=O) groups is 3. The predicted octanol–water partition coefficient (Wildman–Crippen LogP) is 2.83. The summed E-state index contributed by atoms with van der Waals surface area (Å²) in [6, 6.07) is 10.2. The van der Waals surface area contributed by atoms with Crippen molar-refractivity contribution in [2.75, 3.05) is 20.3 Å². The van der Waals surface area contributed by atoms with Crippen LogP contribution in [-0.2, 0) is 9.47 Å². The number of nitrogens with zero attached hydrogens (tertiary/aromatic N) is 1. The molecule has 1 aromatic carbocycles. The molecular formula is C21H17NO5. The molecule has 6 heteroatoms. The number of carbonyl (C=O) groups excluding carboxylic acids is 3. The SMILES string of the molecule is COCCOC(=O)c1c2c(n3ccc(C)cc13)C(=O)c1ccccc1C2=O. The van der Waals surface area contributed by atoms with Crippen molar-refractivity contribution in [3.8, 4) is 0 Å². The Balaban J connectivity index is 1.99. The maximum atomic E-state index is 13.2. The zero-order chi connectivity index (χ0) is 19.1. The average Bonchev–Trinajstić information content (AvgIpc) is 3.01. The molecule has 0 saturated carbocycles. The fourth-order valence-corrected chi connectivity index (χ4v) is 3.44. The van der Waals surface area contributed by atoms with Crippen molar-refractivity contribution in [1.82, 2.24) is 4.40 Å². The molecule has 2 aromatic heterocycles. The van der Waals surface area contributed by atoms with E-state index in [1.807, 2.05) is 13.0 Å². The molecule has 0 N–H and O–H groups in total. The fraction of sp³-hybridized carbons (Fsp3) is 0.190. The van der Waals surface area contributed by atoms with E-state index in [0.29, 0.717) is 16.6 Å². The second kappa shape index (κ2) is 6.48. The third-order valence-corrected chi connectivity index (χ3v) is 4.68. The van der Waals surface area contributed by atoms with Crippen LogP contribution < -0.4 is 0 Å². The van der Waals surface area contributed by atoms with E-state index in [2.05, 4.69) is 0 Å². The molecule has 6 nitrogen and oxygen atoms in total. The van der Waals surface area contributed by atoms with Crippen LogP contribution in [0.25, 0.3) is 5.52 Å². The van der Waals surface area contributed by atoms with Gasteiger partial charge in [-0.2, -0.15) is 0 Å². The van der Waals surface area contributed by atoms with Crippen molar-refractivity contribution in [2.24, 2.45) is 0 Å². The third-order valence-electron chi connectivity index (χ3n) is 4.68. The minimum Gasteiger partial charge on any atom is -0.460 e. The van der Waals surface area contributed by atoms with Crippen molar-refractivity contribution in [3.05, 3.63) is 76.1 Å². The van der Waals surface area contributed by atoms with Gasteiger partial charge in [0.25, 0.3) is 0 Å². The molecule has 0 saturated heterocycles. The summed E-state index contributed by atoms with van der Waals surface area (Å²) in [6.45, 7) is 2.19. The van der Waals surface area contributed by atoms with Gasteiger partial charge in [0.2, 0.25) is 5.78 Å². The molecule has 3 aromatic rings. The van der Waals surface area contributed by atoms with E-state index in [9.17, 15) is 14.4 Å². The van der Waals surface area contributed by atoms with Crippen molar-refractivity contribution in [2.45, 2.75) is 6.92 Å². The van der Waals surface area contributed by atoms with Crippen LogP contribution in [0.5, 0.6) is 0 Å². The van der Waals surface area contributed by atoms with Crippen molar-refractivity contribution < 1.29 is 23.9 Å². The molecule has 27 heavy (non-hydrogen) atoms. The average molecular weight is 363 g/mol. The smallest absolute Gasteiger partial charge is 0.341 e. The van der Waals surface area contributed by atoms with Crippen molar-refractivity contribution >= 4 is 23.1 Å². The number of ether oxygens (including phenoxy) is 2. The first-order valence-corrected chi connectivity index (χ1v) is 8.53. The highest BCUT2D eigenvalue weighted by Crippen LogP contribution is 2.34. The normalized spacial score (nSPS) is 12.8. The van der Waals surface area contributed by atoms with Gasteiger partial charge in [0.1, 0.15) is 12.3 Å². The third kappa shape index (κ3) is 2.57. The lowest BCUT2D eigenvalue weighted by Gasteiger charge is -2.15. The number of hydrogen-bond donors (Lipinski definition) is 0. The summed E-state index contributed by atoms with van der Waals surface area (Å²) in [7, 11) is 1.51. The first-order valence-electron chi connectivity index (χ1n) is 8.53. The Morgan fingerprint density at radius 1 is 1.04 bits per heavy atom. The van der Waals surface area contributed by atoms with E-state index < -0.39 is 5.97 Å². The van der Waals surface area contributed by atoms with E-state index in [-0.39, 0.29) is 41.6 Å². The number of fused-ring (bicyclic) bond motifs is 4. The Kier molecular flexibility index (Phi) is 4.12. The quantitative estimate of drug-likeness (QED) is 0.412. The Bertz CT molecular complexity index is 1110. The Morgan fingerprint density at radius 3 is 2.44 bits per heavy atom. The first-order chi connectivity index (χ1) is 13.0. The summed E-state index contributed by atoms with van der Waals surface area (Å²) in [5.41, 5.74) is 2.46. The number of esters is 1. The molecule has 0 amide bonds. The van der Waals surface area contributed by atoms with E-state index in [1.165, 1.54) is 7.11 Å². The molecule has 0 radical (unpaired) electrons. The molecule has 136 valence electrons. The Labute approximate surface area is 155 Å². The van der Waals surface area contributed by atoms with Gasteiger partial charge < -0.3 is 13.9 Å². The van der Waals surface area contributed by atoms with Gasteiger partial charge >= 0.3 is 5.97 Å². The second-order valence-corrected chi connectivity index (χ2v) is 6.39. The Morgan fingerprint density at radius 2 is 1.74 bits per heavy atom. The van der Waals surface area contributed by atoms with Gasteiger partial charge in [-0.15, -0.1) is 0 Å². The van der Waals surface area contributed by atoms with Crippen molar-refractivity contribution in [3.63, 3.8) is 0 Å². The highest BCUT2D eigenvalue weighted by Gasteiger charge is 2.38. The molecule has 4 rings (SSSR count). The van der Waals surface area contributed by atoms with E-state index in [4.69, 9.17) is 9.47 Å². The molecule has 0 aliphatic heterocycles. The first kappa shape index (κ1) is 17.2. The number of pyridine rings is 1. The molecule has 0 bridgehead atoms. The van der Waals surface area contributed by atoms with Crippen LogP contribution >= 0.6 is 0 Å². The van der Waals surface area contributed by atoms with Crippen LogP contribution in [0, 0.1) is 6.92 Å². The molecular weight excluding hydrogens is 346 g/mol. The number of hydrogen-bond acceptors (Lipinski definition) is 5. The minimum atomic E-state index is -0.642. The van der Waals surface area contributed by atoms with Gasteiger partial charge in [0, 0.05) is 24.4 Å². The highest BCUT2D eigenvalue weighted by atomic mass is 16.6. The van der Waals surface area contributed by atoms with E-state index in [0.717, 1.165) is 5.56 Å². The van der Waals surface area contributed by atoms with Crippen LogP contribution in [0.15, 0.2) is 42.6 Å². The summed E-state index contributed by atoms with van der Waals surface area (Å²) in [4.78, 5) is 39.1. The number of aryl methyl sites for hydroxylation is 1. The second-order valence-electron chi connectivity index (χ2n) is 6.39. The van der Waals surface area contributed by atoms with Crippen LogP contribution in [0.3, 0.4) is 0 Å². The van der Waals surface area contributed by atoms with Crippen molar-refractivity contribution in [1.29, 1.82) is 0 Å². The molecule has 0 spiro atoms. The van der Waals surface area contributed by atoms with Gasteiger partial charge in [0.05, 0.1) is 23.3 Å². The molecule has 1 aliphatic rings. The monoisotopic (exact) mass is 363 g/mol. The van der Waals surface area contributed by atoms with E-state index >= 15 is 0 Å². The van der Waals surface area contributed by atoms with Gasteiger partial charge in [-0.25, -0.2) is 4.79 Å². The number of ketones is 2. The highest BCUT2D eigenvalue weighted by molar-refractivity contribution is 6.31. The summed E-state index contributed by atoms with van der Waals surface area (Å²) >= 11 is 0. The molecule has 2 heterocycles. The lowest BCUT2D eigenvalue weighted by molar-refractivity contribution is 0.0388. The van der Waals surface area contributed by atoms with Gasteiger partial charge in [-0.3, -0.25) is 9.59 Å². The molecule has 0 unspecified atom stereocenters. The number of aromatic nitrogens is 1. The van der Waals surface area contributed by atoms with Crippen LogP contribution in [0.4, 0.5) is 0 Å². The summed E-state index contributed by atoms with van der Waals surface area (Å²) in [5, 5.41) is 0. The summed E-state index contributed by atoms with van der Waals surface area (Å²) in [5.74, 6) is -1.27. The zero-order valence-corrected chi connectivity index (χ0v) is 14.9. The minimum absolute atomic E-state index is 0.0615. The standard InChI is InChI=1S/C21H17NO5/c1-12-7-8-22-15(11-12)16(21(25)27-10-9-26-2)17-18(22)20(24)14-6-4-3-5-13(14)19(17)23/h3-8,11H,9-10H2,1-2H3. The van der Waals surface area contributed by atoms with Gasteiger partial charge in [-0.05, 0) is 24.6 Å². The predicted molar refractivity (Wildman–Crippen MR) is 97.6 cm³/mol. The van der Waals surface area contributed by atoms with Crippen LogP contribution in [-0.4, -0.2) is 42.3 Å². The van der Waals surface area contributed by atoms with Crippen LogP contribution in [0.1, 0.15) is 47.9 Å². The topological polar surface area (TPSA) is 74.1 Å². The van der Waals surface area contributed by atoms with E-state index in [1.54, 1.807) is 40.9 Å². The lowest BCUT2D eigenvalue weighted by atomic mass is 9.86. The largest absolute Gasteiger partial charge is 0.460 e. The number of benzene rings is 1. The summed E-state index contributed by atoms with van der Waals surface area (Å²) in [6.07, 6.45) is 1.70. The molecule has 0 fully saturated rings. The van der Waals surface area contributed by atoms with Gasteiger partial charge in [-0.1, -0.05) is 24.3 Å². The fourth-order valence-electron chi connectivity index (χ4n) is 3.44. The zero-order valence-electron chi connectivity index (χ0n) is 14.9. The summed E-state index contributed by atoms with van der Waals surface area (Å²) < 4.78 is 11.8. The maximum absolute atomic E-state index is 13.2. The maximum Gasteiger partial charge on any atom is 0.341 e. The lowest BCUT2D eigenvalue weighted by Crippen LogP contribution is -2.23. The number of methoxy groups -OCH3 is 1. The number of rotatable bonds is 4. The molecule has 1 aliphatic carbocycles. The molecule has 0 atom stereocenters.